The van der Waals surface area contributed by atoms with Crippen LogP contribution < -0.4 is 0 Å². The van der Waals surface area contributed by atoms with Crippen molar-refractivity contribution in [3.63, 3.8) is 0 Å². The molecule has 2 aliphatic heterocycles. The quantitative estimate of drug-likeness (QED) is 0.688. The first-order valence-corrected chi connectivity index (χ1v) is 6.11. The molecule has 0 radical (unpaired) electrons. The van der Waals surface area contributed by atoms with E-state index in [1.165, 1.54) is 0 Å². The SMILES string of the molecule is CCC1(CC)COCOC1.O=C1COCCO1. The lowest BCUT2D eigenvalue weighted by Gasteiger charge is -2.34. The van der Waals surface area contributed by atoms with E-state index >= 15 is 0 Å². The standard InChI is InChI=1S/C8H16O2.C4H6O3/c1-3-8(4-2)5-9-7-10-6-8;5-4-3-6-1-2-7-4/h3-7H2,1-2H3;1-3H2. The van der Waals surface area contributed by atoms with Gasteiger partial charge < -0.3 is 18.9 Å². The monoisotopic (exact) mass is 246 g/mol. The summed E-state index contributed by atoms with van der Waals surface area (Å²) in [7, 11) is 0. The Morgan fingerprint density at radius 2 is 1.71 bits per heavy atom. The van der Waals surface area contributed by atoms with Crippen LogP contribution in [0.4, 0.5) is 0 Å². The van der Waals surface area contributed by atoms with E-state index in [0.29, 0.717) is 25.4 Å². The molecule has 0 amide bonds. The van der Waals surface area contributed by atoms with Crippen molar-refractivity contribution in [2.45, 2.75) is 26.7 Å². The maximum absolute atomic E-state index is 10.1. The summed E-state index contributed by atoms with van der Waals surface area (Å²) in [6, 6.07) is 0. The van der Waals surface area contributed by atoms with Crippen molar-refractivity contribution in [1.29, 1.82) is 0 Å². The Morgan fingerprint density at radius 1 is 1.06 bits per heavy atom. The van der Waals surface area contributed by atoms with E-state index in [9.17, 15) is 4.79 Å². The number of ether oxygens (including phenoxy) is 4. The molecule has 0 atom stereocenters. The Kier molecular flexibility index (Phi) is 6.47. The first-order valence-electron chi connectivity index (χ1n) is 6.11. The van der Waals surface area contributed by atoms with E-state index in [0.717, 1.165) is 26.1 Å². The predicted molar refractivity (Wildman–Crippen MR) is 61.6 cm³/mol. The number of carbonyl (C=O) groups excluding carboxylic acids is 1. The lowest BCUT2D eigenvalue weighted by Crippen LogP contribution is -2.36. The summed E-state index contributed by atoms with van der Waals surface area (Å²) in [5, 5.41) is 0. The zero-order valence-electron chi connectivity index (χ0n) is 10.7. The Bertz CT molecular complexity index is 209. The van der Waals surface area contributed by atoms with E-state index in [1.807, 2.05) is 0 Å². The molecule has 5 heteroatoms. The van der Waals surface area contributed by atoms with Crippen LogP contribution in [0.1, 0.15) is 26.7 Å². The van der Waals surface area contributed by atoms with Crippen molar-refractivity contribution in [3.05, 3.63) is 0 Å². The third kappa shape index (κ3) is 5.02. The average molecular weight is 246 g/mol. The van der Waals surface area contributed by atoms with Gasteiger partial charge in [0.25, 0.3) is 0 Å². The predicted octanol–water partition coefficient (Wildman–Crippen LogP) is 1.36. The van der Waals surface area contributed by atoms with Crippen molar-refractivity contribution in [2.24, 2.45) is 5.41 Å². The minimum Gasteiger partial charge on any atom is -0.462 e. The van der Waals surface area contributed by atoms with Crippen LogP contribution in [0.15, 0.2) is 0 Å². The molecule has 0 saturated carbocycles. The molecule has 2 heterocycles. The first-order chi connectivity index (χ1) is 8.22. The van der Waals surface area contributed by atoms with E-state index < -0.39 is 0 Å². The van der Waals surface area contributed by atoms with Crippen molar-refractivity contribution in [2.75, 3.05) is 39.8 Å². The molecule has 2 aliphatic rings. The van der Waals surface area contributed by atoms with Gasteiger partial charge in [-0.3, -0.25) is 0 Å². The summed E-state index contributed by atoms with van der Waals surface area (Å²) < 4.78 is 19.7. The summed E-state index contributed by atoms with van der Waals surface area (Å²) in [5.74, 6) is -0.258. The lowest BCUT2D eigenvalue weighted by molar-refractivity contribution is -0.166. The van der Waals surface area contributed by atoms with Crippen LogP contribution in [0.2, 0.25) is 0 Å². The number of rotatable bonds is 2. The molecule has 2 rings (SSSR count). The van der Waals surface area contributed by atoms with Crippen LogP contribution in [0.25, 0.3) is 0 Å². The van der Waals surface area contributed by atoms with Crippen molar-refractivity contribution in [3.8, 4) is 0 Å². The minimum atomic E-state index is -0.258. The third-order valence-corrected chi connectivity index (χ3v) is 3.19. The first kappa shape index (κ1) is 14.4. The second kappa shape index (κ2) is 7.63. The number of carbonyl (C=O) groups is 1. The average Bonchev–Trinajstić information content (AvgIpc) is 2.41. The van der Waals surface area contributed by atoms with Crippen LogP contribution in [0, 0.1) is 5.41 Å². The van der Waals surface area contributed by atoms with Crippen LogP contribution >= 0.6 is 0 Å². The summed E-state index contributed by atoms with van der Waals surface area (Å²) in [5.41, 5.74) is 0.318. The molecule has 0 unspecified atom stereocenters. The molecule has 17 heavy (non-hydrogen) atoms. The zero-order valence-corrected chi connectivity index (χ0v) is 10.7. The molecule has 0 N–H and O–H groups in total. The molecule has 2 saturated heterocycles. The fraction of sp³-hybridized carbons (Fsp3) is 0.917. The Labute approximate surface area is 102 Å². The molecular formula is C12H22O5. The number of cyclic esters (lactones) is 1. The number of hydrogen-bond donors (Lipinski definition) is 0. The van der Waals surface area contributed by atoms with Crippen LogP contribution in [0.3, 0.4) is 0 Å². The van der Waals surface area contributed by atoms with E-state index in [-0.39, 0.29) is 12.6 Å². The van der Waals surface area contributed by atoms with Gasteiger partial charge in [0.15, 0.2) is 0 Å². The second-order valence-electron chi connectivity index (χ2n) is 4.29. The zero-order chi connectivity index (χ0) is 12.6. The minimum absolute atomic E-state index is 0.125. The topological polar surface area (TPSA) is 54.0 Å². The molecule has 0 aliphatic carbocycles. The fourth-order valence-electron chi connectivity index (χ4n) is 1.69. The summed E-state index contributed by atoms with van der Waals surface area (Å²) in [6.45, 7) is 7.72. The third-order valence-electron chi connectivity index (χ3n) is 3.19. The van der Waals surface area contributed by atoms with E-state index in [2.05, 4.69) is 18.6 Å². The fourth-order valence-corrected chi connectivity index (χ4v) is 1.69. The van der Waals surface area contributed by atoms with E-state index in [4.69, 9.17) is 14.2 Å². The smallest absolute Gasteiger partial charge is 0.332 e. The van der Waals surface area contributed by atoms with Gasteiger partial charge in [0.05, 0.1) is 19.8 Å². The molecule has 0 aromatic heterocycles. The summed E-state index contributed by atoms with van der Waals surface area (Å²) >= 11 is 0. The Hall–Kier alpha value is -0.650. The molecule has 0 aromatic rings. The number of hydrogen-bond acceptors (Lipinski definition) is 5. The largest absolute Gasteiger partial charge is 0.462 e. The molecule has 100 valence electrons. The maximum atomic E-state index is 10.1. The second-order valence-corrected chi connectivity index (χ2v) is 4.29. The molecule has 0 bridgehead atoms. The van der Waals surface area contributed by atoms with Crippen LogP contribution in [-0.4, -0.2) is 45.8 Å². The van der Waals surface area contributed by atoms with Crippen molar-refractivity contribution >= 4 is 5.97 Å². The molecule has 5 nitrogen and oxygen atoms in total. The molecular weight excluding hydrogens is 224 g/mol. The van der Waals surface area contributed by atoms with Gasteiger partial charge in [-0.2, -0.15) is 0 Å². The van der Waals surface area contributed by atoms with Crippen molar-refractivity contribution in [1.82, 2.24) is 0 Å². The molecule has 0 aromatic carbocycles. The Morgan fingerprint density at radius 3 is 2.00 bits per heavy atom. The van der Waals surface area contributed by atoms with Gasteiger partial charge in [0, 0.05) is 5.41 Å². The summed E-state index contributed by atoms with van der Waals surface area (Å²) in [6.07, 6.45) is 2.31. The maximum Gasteiger partial charge on any atom is 0.332 e. The van der Waals surface area contributed by atoms with Gasteiger partial charge in [-0.05, 0) is 12.8 Å². The van der Waals surface area contributed by atoms with Gasteiger partial charge >= 0.3 is 5.97 Å². The normalized spacial score (nSPS) is 23.3. The highest BCUT2D eigenvalue weighted by Gasteiger charge is 2.29. The highest BCUT2D eigenvalue weighted by atomic mass is 16.7. The van der Waals surface area contributed by atoms with Gasteiger partial charge in [-0.15, -0.1) is 0 Å². The van der Waals surface area contributed by atoms with Crippen LogP contribution in [0.5, 0.6) is 0 Å². The lowest BCUT2D eigenvalue weighted by atomic mass is 9.84. The Balaban J connectivity index is 0.000000181. The van der Waals surface area contributed by atoms with Crippen LogP contribution in [-0.2, 0) is 23.7 Å². The molecule has 0 spiro atoms. The number of esters is 1. The highest BCUT2D eigenvalue weighted by Crippen LogP contribution is 2.29. The highest BCUT2D eigenvalue weighted by molar-refractivity contribution is 5.71. The molecule has 2 fully saturated rings. The van der Waals surface area contributed by atoms with E-state index in [1.54, 1.807) is 0 Å². The van der Waals surface area contributed by atoms with Gasteiger partial charge in [-0.1, -0.05) is 13.8 Å². The van der Waals surface area contributed by atoms with Gasteiger partial charge in [0.1, 0.15) is 20.0 Å². The van der Waals surface area contributed by atoms with Gasteiger partial charge in [0.2, 0.25) is 0 Å². The van der Waals surface area contributed by atoms with Gasteiger partial charge in [-0.25, -0.2) is 4.79 Å². The summed E-state index contributed by atoms with van der Waals surface area (Å²) in [4.78, 5) is 10.1. The van der Waals surface area contributed by atoms with Crippen molar-refractivity contribution < 1.29 is 23.7 Å².